The zero-order chi connectivity index (χ0) is 17.4. The lowest BCUT2D eigenvalue weighted by atomic mass is 9.80. The summed E-state index contributed by atoms with van der Waals surface area (Å²) in [4.78, 5) is 30.3. The number of amides is 2. The van der Waals surface area contributed by atoms with E-state index in [1.807, 2.05) is 0 Å². The Bertz CT molecular complexity index is 665. The molecule has 0 radical (unpaired) electrons. The van der Waals surface area contributed by atoms with Crippen LogP contribution >= 0.6 is 0 Å². The monoisotopic (exact) mass is 347 g/mol. The van der Waals surface area contributed by atoms with Crippen molar-refractivity contribution in [1.82, 2.24) is 9.88 Å². The van der Waals surface area contributed by atoms with Gasteiger partial charge in [-0.05, 0) is 50.2 Å². The molecule has 0 spiro atoms. The minimum absolute atomic E-state index is 0.189. The molecular weight excluding hydrogens is 325 g/mol. The molecule has 2 aliphatic heterocycles. The van der Waals surface area contributed by atoms with Crippen molar-refractivity contribution in [2.75, 3.05) is 18.4 Å². The predicted molar refractivity (Wildman–Crippen MR) is 88.5 cm³/mol. The second-order valence-electron chi connectivity index (χ2n) is 7.25. The van der Waals surface area contributed by atoms with E-state index in [2.05, 4.69) is 10.3 Å². The van der Waals surface area contributed by atoms with Gasteiger partial charge in [-0.3, -0.25) is 14.6 Å². The molecule has 1 aromatic rings. The number of alkyl halides is 1. The number of halogens is 1. The third kappa shape index (κ3) is 3.13. The Labute approximate surface area is 145 Å². The molecular formula is C18H22FN3O3. The maximum Gasteiger partial charge on any atom is 0.260 e. The van der Waals surface area contributed by atoms with Gasteiger partial charge in [-0.15, -0.1) is 0 Å². The van der Waals surface area contributed by atoms with Crippen LogP contribution in [0.5, 0.6) is 0 Å². The van der Waals surface area contributed by atoms with Gasteiger partial charge in [-0.2, -0.15) is 0 Å². The minimum Gasteiger partial charge on any atom is -0.363 e. The molecule has 3 fully saturated rings. The predicted octanol–water partition coefficient (Wildman–Crippen LogP) is 1.92. The zero-order valence-corrected chi connectivity index (χ0v) is 14.0. The van der Waals surface area contributed by atoms with E-state index in [1.165, 1.54) is 0 Å². The molecule has 3 heterocycles. The van der Waals surface area contributed by atoms with Crippen LogP contribution in [0.2, 0.25) is 0 Å². The van der Waals surface area contributed by atoms with Crippen LogP contribution in [-0.4, -0.2) is 52.7 Å². The van der Waals surface area contributed by atoms with E-state index in [9.17, 15) is 14.0 Å². The largest absolute Gasteiger partial charge is 0.363 e. The molecule has 134 valence electrons. The zero-order valence-electron chi connectivity index (χ0n) is 14.0. The standard InChI is InChI=1S/C18H22FN3O3/c19-18(5-2-6-18)17(24)22-8-4-12-9-14(25-15(12)11-22)16(23)21-13-3-1-7-20-10-13/h1,3,7,10,12,14-15H,2,4-6,8-9,11H2,(H,21,23)/t12-,14?,15-/m0/s1. The Morgan fingerprint density at radius 2 is 2.24 bits per heavy atom. The average Bonchev–Trinajstić information content (AvgIpc) is 3.03. The van der Waals surface area contributed by atoms with Crippen LogP contribution in [-0.2, 0) is 14.3 Å². The second-order valence-corrected chi connectivity index (χ2v) is 7.25. The molecule has 1 N–H and O–H groups in total. The number of piperidine rings is 1. The molecule has 6 nitrogen and oxygen atoms in total. The van der Waals surface area contributed by atoms with Crippen LogP contribution < -0.4 is 5.32 Å². The molecule has 1 saturated carbocycles. The van der Waals surface area contributed by atoms with Gasteiger partial charge in [0.25, 0.3) is 11.8 Å². The number of carbonyl (C=O) groups is 2. The quantitative estimate of drug-likeness (QED) is 0.907. The van der Waals surface area contributed by atoms with Gasteiger partial charge in [0.05, 0.1) is 18.0 Å². The summed E-state index contributed by atoms with van der Waals surface area (Å²) < 4.78 is 20.3. The fourth-order valence-corrected chi connectivity index (χ4v) is 3.93. The highest BCUT2D eigenvalue weighted by molar-refractivity contribution is 5.94. The molecule has 1 aromatic heterocycles. The van der Waals surface area contributed by atoms with Crippen LogP contribution in [0, 0.1) is 5.92 Å². The lowest BCUT2D eigenvalue weighted by Crippen LogP contribution is -2.55. The van der Waals surface area contributed by atoms with E-state index in [4.69, 9.17) is 4.74 Å². The fourth-order valence-electron chi connectivity index (χ4n) is 3.93. The summed E-state index contributed by atoms with van der Waals surface area (Å²) in [6.45, 7) is 0.928. The van der Waals surface area contributed by atoms with Crippen LogP contribution in [0.1, 0.15) is 32.1 Å². The first-order valence-electron chi connectivity index (χ1n) is 8.90. The summed E-state index contributed by atoms with van der Waals surface area (Å²) in [5.41, 5.74) is -1.03. The highest BCUT2D eigenvalue weighted by Crippen LogP contribution is 2.40. The van der Waals surface area contributed by atoms with Gasteiger partial charge in [0, 0.05) is 19.3 Å². The molecule has 3 atom stereocenters. The van der Waals surface area contributed by atoms with Gasteiger partial charge in [-0.1, -0.05) is 0 Å². The maximum absolute atomic E-state index is 14.4. The molecule has 25 heavy (non-hydrogen) atoms. The second kappa shape index (κ2) is 6.37. The van der Waals surface area contributed by atoms with Crippen LogP contribution in [0.25, 0.3) is 0 Å². The molecule has 0 aromatic carbocycles. The first kappa shape index (κ1) is 16.4. The first-order chi connectivity index (χ1) is 12.0. The average molecular weight is 347 g/mol. The minimum atomic E-state index is -1.66. The van der Waals surface area contributed by atoms with Gasteiger partial charge in [0.1, 0.15) is 6.10 Å². The number of hydrogen-bond acceptors (Lipinski definition) is 4. The highest BCUT2D eigenvalue weighted by Gasteiger charge is 2.50. The third-order valence-electron chi connectivity index (χ3n) is 5.59. The van der Waals surface area contributed by atoms with E-state index in [1.54, 1.807) is 29.4 Å². The summed E-state index contributed by atoms with van der Waals surface area (Å²) in [7, 11) is 0. The molecule has 4 rings (SSSR count). The highest BCUT2D eigenvalue weighted by atomic mass is 19.1. The van der Waals surface area contributed by atoms with Crippen LogP contribution in [0.15, 0.2) is 24.5 Å². The normalized spacial score (nSPS) is 30.3. The number of likely N-dealkylation sites (tertiary alicyclic amines) is 1. The fraction of sp³-hybridized carbons (Fsp3) is 0.611. The van der Waals surface area contributed by atoms with E-state index in [-0.39, 0.29) is 17.9 Å². The Hall–Kier alpha value is -2.02. The first-order valence-corrected chi connectivity index (χ1v) is 8.90. The lowest BCUT2D eigenvalue weighted by molar-refractivity contribution is -0.154. The summed E-state index contributed by atoms with van der Waals surface area (Å²) in [5, 5.41) is 2.80. The molecule has 1 aliphatic carbocycles. The van der Waals surface area contributed by atoms with Crippen molar-refractivity contribution in [3.05, 3.63) is 24.5 Å². The number of rotatable bonds is 3. The number of fused-ring (bicyclic) bond motifs is 1. The van der Waals surface area contributed by atoms with Crippen molar-refractivity contribution in [1.29, 1.82) is 0 Å². The van der Waals surface area contributed by atoms with Gasteiger partial charge >= 0.3 is 0 Å². The number of anilines is 1. The number of nitrogens with zero attached hydrogens (tertiary/aromatic N) is 2. The van der Waals surface area contributed by atoms with E-state index in [0.29, 0.717) is 38.0 Å². The van der Waals surface area contributed by atoms with Crippen molar-refractivity contribution in [2.45, 2.75) is 50.0 Å². The Morgan fingerprint density at radius 1 is 1.40 bits per heavy atom. The van der Waals surface area contributed by atoms with Gasteiger partial charge in [0.2, 0.25) is 0 Å². The van der Waals surface area contributed by atoms with Gasteiger partial charge in [0.15, 0.2) is 5.67 Å². The topological polar surface area (TPSA) is 71.5 Å². The third-order valence-corrected chi connectivity index (χ3v) is 5.59. The Kier molecular flexibility index (Phi) is 4.19. The van der Waals surface area contributed by atoms with Crippen LogP contribution in [0.3, 0.4) is 0 Å². The number of hydrogen-bond donors (Lipinski definition) is 1. The number of carbonyl (C=O) groups excluding carboxylic acids is 2. The summed E-state index contributed by atoms with van der Waals surface area (Å²) in [6, 6.07) is 3.52. The lowest BCUT2D eigenvalue weighted by Gasteiger charge is -2.41. The number of nitrogens with one attached hydrogen (secondary N) is 1. The van der Waals surface area contributed by atoms with Crippen molar-refractivity contribution in [3.63, 3.8) is 0 Å². The maximum atomic E-state index is 14.4. The number of ether oxygens (including phenoxy) is 1. The smallest absolute Gasteiger partial charge is 0.260 e. The van der Waals surface area contributed by atoms with E-state index < -0.39 is 17.7 Å². The summed E-state index contributed by atoms with van der Waals surface area (Å²) in [5.74, 6) is -0.351. The van der Waals surface area contributed by atoms with Crippen molar-refractivity contribution in [2.24, 2.45) is 5.92 Å². The summed E-state index contributed by atoms with van der Waals surface area (Å²) in [6.07, 6.45) is 5.32. The van der Waals surface area contributed by atoms with E-state index in [0.717, 1.165) is 12.8 Å². The van der Waals surface area contributed by atoms with Gasteiger partial charge in [-0.25, -0.2) is 4.39 Å². The van der Waals surface area contributed by atoms with Crippen molar-refractivity contribution < 1.29 is 18.7 Å². The summed E-state index contributed by atoms with van der Waals surface area (Å²) >= 11 is 0. The number of aromatic nitrogens is 1. The SMILES string of the molecule is O=C(Nc1cccnc1)C1C[C@@H]2CCN(C(=O)C3(F)CCC3)C[C@@H]2O1. The Morgan fingerprint density at radius 3 is 2.92 bits per heavy atom. The van der Waals surface area contributed by atoms with Gasteiger partial charge < -0.3 is 15.0 Å². The van der Waals surface area contributed by atoms with Crippen molar-refractivity contribution in [3.8, 4) is 0 Å². The molecule has 2 saturated heterocycles. The molecule has 0 bridgehead atoms. The van der Waals surface area contributed by atoms with Crippen molar-refractivity contribution >= 4 is 17.5 Å². The Balaban J connectivity index is 1.35. The molecule has 3 aliphatic rings. The molecule has 2 amide bonds. The molecule has 1 unspecified atom stereocenters. The van der Waals surface area contributed by atoms with E-state index >= 15 is 0 Å². The number of pyridine rings is 1. The van der Waals surface area contributed by atoms with Crippen LogP contribution in [0.4, 0.5) is 10.1 Å². The molecule has 7 heteroatoms.